The molecule has 0 aliphatic rings. The highest BCUT2D eigenvalue weighted by molar-refractivity contribution is 5.84. The first-order chi connectivity index (χ1) is 13.1. The van der Waals surface area contributed by atoms with Crippen molar-refractivity contribution in [1.82, 2.24) is 14.8 Å². The standard InChI is InChI=1S/C20H16FN3O3/c1-24-15-6-4-3-5-14(15)18(25)19(26-2)17(24)20-23-22-16(27-20)11-12-7-9-13(21)10-8-12/h3-10H,11H2,1-2H3. The van der Waals surface area contributed by atoms with Crippen LogP contribution in [0.4, 0.5) is 4.39 Å². The predicted octanol–water partition coefficient (Wildman–Crippen LogP) is 3.33. The molecule has 0 amide bonds. The molecule has 0 N–H and O–H groups in total. The minimum atomic E-state index is -0.305. The Morgan fingerprint density at radius 1 is 1.11 bits per heavy atom. The maximum atomic E-state index is 13.0. The van der Waals surface area contributed by atoms with E-state index in [0.717, 1.165) is 11.1 Å². The van der Waals surface area contributed by atoms with E-state index in [4.69, 9.17) is 9.15 Å². The molecule has 0 fully saturated rings. The molecule has 0 aliphatic carbocycles. The molecule has 2 heterocycles. The maximum Gasteiger partial charge on any atom is 0.268 e. The van der Waals surface area contributed by atoms with Gasteiger partial charge in [-0.1, -0.05) is 24.3 Å². The van der Waals surface area contributed by atoms with E-state index in [0.29, 0.717) is 23.4 Å². The van der Waals surface area contributed by atoms with Crippen LogP contribution in [0.2, 0.25) is 0 Å². The zero-order chi connectivity index (χ0) is 19.0. The number of nitrogens with zero attached hydrogens (tertiary/aromatic N) is 3. The number of benzene rings is 2. The molecule has 0 bridgehead atoms. The number of methoxy groups -OCH3 is 1. The lowest BCUT2D eigenvalue weighted by molar-refractivity contribution is 0.406. The lowest BCUT2D eigenvalue weighted by Gasteiger charge is -2.13. The first-order valence-electron chi connectivity index (χ1n) is 8.31. The van der Waals surface area contributed by atoms with Crippen LogP contribution in [-0.4, -0.2) is 21.9 Å². The quantitative estimate of drug-likeness (QED) is 0.555. The molecule has 136 valence electrons. The second kappa shape index (κ2) is 6.68. The SMILES string of the molecule is COc1c(-c2nnc(Cc3ccc(F)cc3)o2)n(C)c2ccccc2c1=O. The number of aromatic nitrogens is 3. The molecule has 0 atom stereocenters. The summed E-state index contributed by atoms with van der Waals surface area (Å²) in [5, 5.41) is 8.69. The molecule has 0 spiro atoms. The number of hydrogen-bond donors (Lipinski definition) is 0. The zero-order valence-corrected chi connectivity index (χ0v) is 14.8. The van der Waals surface area contributed by atoms with Crippen molar-refractivity contribution in [2.24, 2.45) is 7.05 Å². The lowest BCUT2D eigenvalue weighted by atomic mass is 10.1. The van der Waals surface area contributed by atoms with E-state index in [9.17, 15) is 9.18 Å². The Hall–Kier alpha value is -3.48. The molecule has 0 saturated heterocycles. The van der Waals surface area contributed by atoms with Crippen molar-refractivity contribution >= 4 is 10.9 Å². The van der Waals surface area contributed by atoms with Crippen LogP contribution in [0.3, 0.4) is 0 Å². The van der Waals surface area contributed by atoms with Gasteiger partial charge in [0.1, 0.15) is 5.82 Å². The minimum Gasteiger partial charge on any atom is -0.491 e. The minimum absolute atomic E-state index is 0.146. The van der Waals surface area contributed by atoms with Crippen molar-refractivity contribution in [3.8, 4) is 17.3 Å². The fraction of sp³-hybridized carbons (Fsp3) is 0.150. The molecular weight excluding hydrogens is 349 g/mol. The van der Waals surface area contributed by atoms with Gasteiger partial charge in [-0.2, -0.15) is 0 Å². The summed E-state index contributed by atoms with van der Waals surface area (Å²) in [5.74, 6) is 0.391. The van der Waals surface area contributed by atoms with E-state index >= 15 is 0 Å². The molecular formula is C20H16FN3O3. The Morgan fingerprint density at radius 3 is 2.59 bits per heavy atom. The van der Waals surface area contributed by atoms with Gasteiger partial charge in [-0.15, -0.1) is 10.2 Å². The van der Waals surface area contributed by atoms with Gasteiger partial charge in [-0.05, 0) is 29.8 Å². The summed E-state index contributed by atoms with van der Waals surface area (Å²) >= 11 is 0. The largest absolute Gasteiger partial charge is 0.491 e. The molecule has 4 aromatic rings. The van der Waals surface area contributed by atoms with E-state index < -0.39 is 0 Å². The molecule has 0 saturated carbocycles. The van der Waals surface area contributed by atoms with Crippen molar-refractivity contribution in [3.63, 3.8) is 0 Å². The van der Waals surface area contributed by atoms with Crippen LogP contribution >= 0.6 is 0 Å². The number of fused-ring (bicyclic) bond motifs is 1. The van der Waals surface area contributed by atoms with Gasteiger partial charge in [0, 0.05) is 12.4 Å². The number of halogens is 1. The van der Waals surface area contributed by atoms with Crippen molar-refractivity contribution in [3.05, 3.63) is 76.0 Å². The Balaban J connectivity index is 1.81. The fourth-order valence-electron chi connectivity index (χ4n) is 3.09. The average Bonchev–Trinajstić information content (AvgIpc) is 3.14. The normalized spacial score (nSPS) is 11.1. The summed E-state index contributed by atoms with van der Waals surface area (Å²) < 4.78 is 26.0. The van der Waals surface area contributed by atoms with E-state index in [1.165, 1.54) is 19.2 Å². The number of hydrogen-bond acceptors (Lipinski definition) is 5. The van der Waals surface area contributed by atoms with Crippen LogP contribution in [0.25, 0.3) is 22.5 Å². The molecule has 4 rings (SSSR count). The van der Waals surface area contributed by atoms with Gasteiger partial charge >= 0.3 is 0 Å². The molecule has 0 radical (unpaired) electrons. The van der Waals surface area contributed by atoms with Crippen LogP contribution in [0.15, 0.2) is 57.7 Å². The van der Waals surface area contributed by atoms with E-state index in [1.54, 1.807) is 28.8 Å². The first kappa shape index (κ1) is 17.0. The highest BCUT2D eigenvalue weighted by Gasteiger charge is 2.22. The highest BCUT2D eigenvalue weighted by atomic mass is 19.1. The van der Waals surface area contributed by atoms with Gasteiger partial charge in [0.2, 0.25) is 11.3 Å². The van der Waals surface area contributed by atoms with Crippen molar-refractivity contribution < 1.29 is 13.5 Å². The van der Waals surface area contributed by atoms with E-state index in [2.05, 4.69) is 10.2 Å². The van der Waals surface area contributed by atoms with Crippen LogP contribution in [0.1, 0.15) is 11.5 Å². The fourth-order valence-corrected chi connectivity index (χ4v) is 3.09. The molecule has 6 nitrogen and oxygen atoms in total. The van der Waals surface area contributed by atoms with Gasteiger partial charge in [0.05, 0.1) is 19.0 Å². The molecule has 27 heavy (non-hydrogen) atoms. The summed E-state index contributed by atoms with van der Waals surface area (Å²) in [7, 11) is 3.24. The van der Waals surface area contributed by atoms with Crippen LogP contribution in [0, 0.1) is 5.82 Å². The van der Waals surface area contributed by atoms with Gasteiger partial charge in [0.25, 0.3) is 5.89 Å². The second-order valence-corrected chi connectivity index (χ2v) is 6.09. The van der Waals surface area contributed by atoms with Gasteiger partial charge in [-0.25, -0.2) is 4.39 Å². The number of ether oxygens (including phenoxy) is 1. The van der Waals surface area contributed by atoms with Gasteiger partial charge < -0.3 is 13.7 Å². The Labute approximate surface area is 153 Å². The Kier molecular flexibility index (Phi) is 4.19. The van der Waals surface area contributed by atoms with E-state index in [-0.39, 0.29) is 22.9 Å². The van der Waals surface area contributed by atoms with Crippen LogP contribution < -0.4 is 10.2 Å². The van der Waals surface area contributed by atoms with Crippen molar-refractivity contribution in [1.29, 1.82) is 0 Å². The Morgan fingerprint density at radius 2 is 1.85 bits per heavy atom. The summed E-state index contributed by atoms with van der Waals surface area (Å²) in [5.41, 5.74) is 1.75. The topological polar surface area (TPSA) is 70.2 Å². The molecule has 0 unspecified atom stereocenters. The monoisotopic (exact) mass is 365 g/mol. The zero-order valence-electron chi connectivity index (χ0n) is 14.8. The van der Waals surface area contributed by atoms with Gasteiger partial charge in [0.15, 0.2) is 11.4 Å². The third kappa shape index (κ3) is 2.97. The summed E-state index contributed by atoms with van der Waals surface area (Å²) in [4.78, 5) is 12.8. The summed E-state index contributed by atoms with van der Waals surface area (Å²) in [6.45, 7) is 0. The Bertz CT molecular complexity index is 1180. The molecule has 7 heteroatoms. The molecule has 2 aromatic carbocycles. The number of rotatable bonds is 4. The average molecular weight is 365 g/mol. The maximum absolute atomic E-state index is 13.0. The number of pyridine rings is 1. The van der Waals surface area contributed by atoms with Crippen LogP contribution in [0.5, 0.6) is 5.75 Å². The first-order valence-corrected chi connectivity index (χ1v) is 8.31. The predicted molar refractivity (Wildman–Crippen MR) is 98.2 cm³/mol. The molecule has 0 aliphatic heterocycles. The van der Waals surface area contributed by atoms with E-state index in [1.807, 2.05) is 19.2 Å². The van der Waals surface area contributed by atoms with Crippen molar-refractivity contribution in [2.75, 3.05) is 7.11 Å². The van der Waals surface area contributed by atoms with Crippen LogP contribution in [-0.2, 0) is 13.5 Å². The third-order valence-corrected chi connectivity index (χ3v) is 4.41. The van der Waals surface area contributed by atoms with Crippen molar-refractivity contribution in [2.45, 2.75) is 6.42 Å². The summed E-state index contributed by atoms with van der Waals surface area (Å²) in [6.07, 6.45) is 0.358. The molecule has 2 aromatic heterocycles. The summed E-state index contributed by atoms with van der Waals surface area (Å²) in [6, 6.07) is 13.3. The second-order valence-electron chi connectivity index (χ2n) is 6.09. The smallest absolute Gasteiger partial charge is 0.268 e. The van der Waals surface area contributed by atoms with Gasteiger partial charge in [-0.3, -0.25) is 4.79 Å². The number of aryl methyl sites for hydroxylation is 1. The number of para-hydroxylation sites is 1. The highest BCUT2D eigenvalue weighted by Crippen LogP contribution is 2.29. The lowest BCUT2D eigenvalue weighted by Crippen LogP contribution is -2.14. The third-order valence-electron chi connectivity index (χ3n) is 4.41.